The van der Waals surface area contributed by atoms with E-state index < -0.39 is 0 Å². The lowest BCUT2D eigenvalue weighted by atomic mass is 10.0. The van der Waals surface area contributed by atoms with Crippen LogP contribution in [0, 0.1) is 6.92 Å². The van der Waals surface area contributed by atoms with Crippen molar-refractivity contribution in [1.82, 2.24) is 25.0 Å². The second-order valence-corrected chi connectivity index (χ2v) is 11.0. The quantitative estimate of drug-likeness (QED) is 0.379. The van der Waals surface area contributed by atoms with E-state index in [1.165, 1.54) is 18.4 Å². The van der Waals surface area contributed by atoms with Crippen molar-refractivity contribution in [2.45, 2.75) is 92.7 Å². The number of aromatic nitrogens is 3. The first kappa shape index (κ1) is 30.7. The number of carbonyl (C=O) groups excluding carboxylic acids is 1. The van der Waals surface area contributed by atoms with Crippen molar-refractivity contribution >= 4 is 17.2 Å². The molecule has 1 atom stereocenters. The van der Waals surface area contributed by atoms with Gasteiger partial charge in [-0.1, -0.05) is 63.9 Å². The van der Waals surface area contributed by atoms with E-state index in [0.717, 1.165) is 40.5 Å². The number of likely N-dealkylation sites (N-methyl/N-ethyl adjacent to an activating group) is 1. The van der Waals surface area contributed by atoms with Crippen molar-refractivity contribution in [1.29, 1.82) is 0 Å². The third kappa shape index (κ3) is 8.24. The molecule has 0 bridgehead atoms. The fourth-order valence-corrected chi connectivity index (χ4v) is 5.21. The molecule has 0 radical (unpaired) electrons. The number of benzene rings is 1. The van der Waals surface area contributed by atoms with Gasteiger partial charge in [-0.05, 0) is 54.1 Å². The number of carbonyl (C=O) groups is 1. The van der Waals surface area contributed by atoms with Crippen LogP contribution in [0.2, 0.25) is 0 Å². The molecule has 1 aliphatic heterocycles. The van der Waals surface area contributed by atoms with Crippen molar-refractivity contribution in [3.05, 3.63) is 47.1 Å². The zero-order valence-electron chi connectivity index (χ0n) is 24.4. The zero-order valence-corrected chi connectivity index (χ0v) is 25.2. The van der Waals surface area contributed by atoms with Gasteiger partial charge in [0.1, 0.15) is 5.01 Å². The first-order valence-corrected chi connectivity index (χ1v) is 14.7. The molecule has 6 nitrogen and oxygen atoms in total. The minimum Gasteiger partial charge on any atom is -0.354 e. The predicted molar refractivity (Wildman–Crippen MR) is 158 cm³/mol. The number of amides is 1. The number of aryl methyl sites for hydroxylation is 1. The highest BCUT2D eigenvalue weighted by Gasteiger charge is 2.25. The molecule has 0 spiro atoms. The summed E-state index contributed by atoms with van der Waals surface area (Å²) in [4.78, 5) is 19.8. The van der Waals surface area contributed by atoms with Crippen LogP contribution in [-0.4, -0.2) is 51.8 Å². The Labute approximate surface area is 228 Å². The summed E-state index contributed by atoms with van der Waals surface area (Å²) in [5, 5.41) is 10.7. The molecule has 204 valence electrons. The topological polar surface area (TPSA) is 63.1 Å². The number of likely N-dealkylation sites (tertiary alicyclic amines) is 1. The van der Waals surface area contributed by atoms with Crippen LogP contribution in [-0.2, 0) is 16.8 Å². The number of piperidine rings is 1. The molecule has 1 amide bonds. The number of nitrogens with zero attached hydrogens (tertiary/aromatic N) is 4. The van der Waals surface area contributed by atoms with Gasteiger partial charge in [0.05, 0.1) is 35.1 Å². The van der Waals surface area contributed by atoms with Crippen LogP contribution in [0.15, 0.2) is 35.8 Å². The molecular weight excluding hydrogens is 478 g/mol. The molecule has 4 rings (SSSR count). The molecule has 1 aromatic carbocycles. The number of hydrogen-bond acceptors (Lipinski definition) is 5. The summed E-state index contributed by atoms with van der Waals surface area (Å²) in [5.74, 6) is 0.0370. The lowest BCUT2D eigenvalue weighted by Crippen LogP contribution is -2.44. The third-order valence-electron chi connectivity index (χ3n) is 6.31. The summed E-state index contributed by atoms with van der Waals surface area (Å²) < 4.78 is 2.07. The minimum atomic E-state index is -0.162. The lowest BCUT2D eigenvalue weighted by molar-refractivity contribution is -0.120. The van der Waals surface area contributed by atoms with Crippen LogP contribution in [0.1, 0.15) is 79.0 Å². The third-order valence-corrected chi connectivity index (χ3v) is 7.23. The Morgan fingerprint density at radius 3 is 2.41 bits per heavy atom. The maximum atomic E-state index is 12.6. The summed E-state index contributed by atoms with van der Waals surface area (Å²) >= 11 is 1.57. The van der Waals surface area contributed by atoms with Crippen LogP contribution in [0.25, 0.3) is 21.8 Å². The largest absolute Gasteiger partial charge is 0.354 e. The van der Waals surface area contributed by atoms with Gasteiger partial charge in [0.25, 0.3) is 0 Å². The summed E-state index contributed by atoms with van der Waals surface area (Å²) in [6.45, 7) is 18.4. The molecule has 0 aliphatic carbocycles. The van der Waals surface area contributed by atoms with Gasteiger partial charge in [0, 0.05) is 23.5 Å². The Kier molecular flexibility index (Phi) is 12.0. The van der Waals surface area contributed by atoms with Crippen molar-refractivity contribution in [3.63, 3.8) is 0 Å². The van der Waals surface area contributed by atoms with E-state index in [2.05, 4.69) is 73.9 Å². The van der Waals surface area contributed by atoms with E-state index in [0.29, 0.717) is 19.0 Å². The number of nitrogens with one attached hydrogen (secondary N) is 1. The van der Waals surface area contributed by atoms with E-state index in [-0.39, 0.29) is 11.4 Å². The molecule has 3 aromatic rings. The molecule has 7 heteroatoms. The van der Waals surface area contributed by atoms with E-state index in [1.807, 2.05) is 39.3 Å². The molecule has 1 saturated heterocycles. The Morgan fingerprint density at radius 2 is 1.78 bits per heavy atom. The average molecular weight is 526 g/mol. The molecule has 0 saturated carbocycles. The highest BCUT2D eigenvalue weighted by molar-refractivity contribution is 7.13. The summed E-state index contributed by atoms with van der Waals surface area (Å²) in [6.07, 6.45) is 5.85. The molecule has 2 aromatic heterocycles. The van der Waals surface area contributed by atoms with Crippen LogP contribution in [0.4, 0.5) is 0 Å². The molecular formula is C30H47N5OS. The summed E-state index contributed by atoms with van der Waals surface area (Å²) in [5.41, 5.74) is 5.06. The van der Waals surface area contributed by atoms with E-state index in [9.17, 15) is 4.79 Å². The second kappa shape index (κ2) is 14.4. The molecule has 3 heterocycles. The number of hydrogen-bond donors (Lipinski definition) is 1. The monoisotopic (exact) mass is 525 g/mol. The molecule has 37 heavy (non-hydrogen) atoms. The van der Waals surface area contributed by atoms with E-state index >= 15 is 0 Å². The predicted octanol–water partition coefficient (Wildman–Crippen LogP) is 6.93. The minimum absolute atomic E-state index is 0.0370. The van der Waals surface area contributed by atoms with E-state index in [1.54, 1.807) is 11.3 Å². The maximum Gasteiger partial charge on any atom is 0.226 e. The Morgan fingerprint density at radius 1 is 1.11 bits per heavy atom. The average Bonchev–Trinajstić information content (AvgIpc) is 3.54. The van der Waals surface area contributed by atoms with Crippen LogP contribution >= 0.6 is 11.3 Å². The number of rotatable bonds is 6. The molecule has 1 fully saturated rings. The second-order valence-electron chi connectivity index (χ2n) is 10.1. The Bertz CT molecular complexity index is 1090. The Balaban J connectivity index is 0.00000115. The first-order chi connectivity index (χ1) is 17.7. The SMILES string of the molecule is CC.CC.Cc1ccc(-c2c(-c3nc(CC(=O)NCC4CCCCN4C)cs3)cnn2C(C)(C)C)cc1. The van der Waals surface area contributed by atoms with Gasteiger partial charge in [-0.2, -0.15) is 5.10 Å². The smallest absolute Gasteiger partial charge is 0.226 e. The maximum absolute atomic E-state index is 12.6. The van der Waals surface area contributed by atoms with Crippen molar-refractivity contribution < 1.29 is 4.79 Å². The van der Waals surface area contributed by atoms with Crippen molar-refractivity contribution in [2.24, 2.45) is 0 Å². The first-order valence-electron chi connectivity index (χ1n) is 13.8. The fourth-order valence-electron chi connectivity index (χ4n) is 4.38. The lowest BCUT2D eigenvalue weighted by Gasteiger charge is -2.32. The van der Waals surface area contributed by atoms with Crippen molar-refractivity contribution in [2.75, 3.05) is 20.1 Å². The van der Waals surface area contributed by atoms with Gasteiger partial charge in [0.2, 0.25) is 5.91 Å². The van der Waals surface area contributed by atoms with Gasteiger partial charge in [-0.15, -0.1) is 11.3 Å². The van der Waals surface area contributed by atoms with Gasteiger partial charge in [0.15, 0.2) is 0 Å². The van der Waals surface area contributed by atoms with Gasteiger partial charge >= 0.3 is 0 Å². The zero-order chi connectivity index (χ0) is 27.6. The van der Waals surface area contributed by atoms with E-state index in [4.69, 9.17) is 10.1 Å². The molecule has 1 aliphatic rings. The fraction of sp³-hybridized carbons (Fsp3) is 0.567. The molecule has 1 unspecified atom stereocenters. The summed E-state index contributed by atoms with van der Waals surface area (Å²) in [7, 11) is 2.14. The van der Waals surface area contributed by atoms with Gasteiger partial charge in [-0.3, -0.25) is 9.48 Å². The molecule has 1 N–H and O–H groups in total. The Hall–Kier alpha value is -2.51. The highest BCUT2D eigenvalue weighted by atomic mass is 32.1. The van der Waals surface area contributed by atoms with Crippen LogP contribution in [0.5, 0.6) is 0 Å². The standard InChI is InChI=1S/C26H35N5OS.2C2H6/c1-18-9-11-19(12-10-18)24-22(16-28-31(24)26(2,3)4)25-29-20(17-33-25)14-23(32)27-15-21-8-6-7-13-30(21)5;2*1-2/h9-12,16-17,21H,6-8,13-15H2,1-5H3,(H,27,32);2*1-2H3. The number of thiazole rings is 1. The van der Waals surface area contributed by atoms with Crippen LogP contribution < -0.4 is 5.32 Å². The van der Waals surface area contributed by atoms with Gasteiger partial charge < -0.3 is 10.2 Å². The highest BCUT2D eigenvalue weighted by Crippen LogP contribution is 2.36. The van der Waals surface area contributed by atoms with Crippen LogP contribution in [0.3, 0.4) is 0 Å². The van der Waals surface area contributed by atoms with Crippen molar-refractivity contribution in [3.8, 4) is 21.8 Å². The normalized spacial score (nSPS) is 15.8. The van der Waals surface area contributed by atoms with Gasteiger partial charge in [-0.25, -0.2) is 4.98 Å². The summed E-state index contributed by atoms with van der Waals surface area (Å²) in [6, 6.07) is 8.97.